The van der Waals surface area contributed by atoms with Crippen LogP contribution in [0.3, 0.4) is 0 Å². The normalized spacial score (nSPS) is 10.0. The molecule has 0 unspecified atom stereocenters. The van der Waals surface area contributed by atoms with Gasteiger partial charge in [-0.2, -0.15) is 0 Å². The summed E-state index contributed by atoms with van der Waals surface area (Å²) in [5.74, 6) is 0. The van der Waals surface area contributed by atoms with Gasteiger partial charge in [0.25, 0.3) is 6.29 Å². The van der Waals surface area contributed by atoms with Gasteiger partial charge in [0.05, 0.1) is 5.52 Å². The Morgan fingerprint density at radius 3 is 2.92 bits per heavy atom. The van der Waals surface area contributed by atoms with Crippen LogP contribution in [0.25, 0.3) is 10.9 Å². The van der Waals surface area contributed by atoms with Crippen LogP contribution in [-0.4, -0.2) is 16.3 Å². The highest BCUT2D eigenvalue weighted by Gasteiger charge is 2.00. The highest BCUT2D eigenvalue weighted by atomic mass is 16.1. The van der Waals surface area contributed by atoms with Crippen LogP contribution in [0.5, 0.6) is 0 Å². The largest absolute Gasteiger partial charge is 0.283 e. The molecule has 0 saturated carbocycles. The molecule has 57 valence electrons. The van der Waals surface area contributed by atoms with Crippen molar-refractivity contribution in [3.05, 3.63) is 36.3 Å². The number of fused-ring (bicyclic) bond motifs is 1. The number of rotatable bonds is 1. The maximum atomic E-state index is 10.4. The summed E-state index contributed by atoms with van der Waals surface area (Å²) in [5, 5.41) is 0.745. The predicted molar refractivity (Wildman–Crippen MR) is 44.3 cm³/mol. The Labute approximate surface area is 69.1 Å². The van der Waals surface area contributed by atoms with E-state index in [4.69, 9.17) is 0 Å². The first-order valence-corrected chi connectivity index (χ1v) is 3.50. The van der Waals surface area contributed by atoms with Gasteiger partial charge in [-0.05, 0) is 18.2 Å². The third-order valence-electron chi connectivity index (χ3n) is 1.63. The Kier molecular flexibility index (Phi) is 1.55. The highest BCUT2D eigenvalue weighted by molar-refractivity contribution is 5.94. The second-order valence-electron chi connectivity index (χ2n) is 2.33. The Balaban J connectivity index is 2.88. The Bertz CT molecular complexity index is 420. The average Bonchev–Trinajstić information content (AvgIpc) is 2.17. The third kappa shape index (κ3) is 0.955. The van der Waals surface area contributed by atoms with Gasteiger partial charge in [0.15, 0.2) is 0 Å². The van der Waals surface area contributed by atoms with E-state index in [2.05, 4.69) is 9.97 Å². The zero-order chi connectivity index (χ0) is 8.39. The van der Waals surface area contributed by atoms with Gasteiger partial charge in [-0.25, -0.2) is 0 Å². The molecule has 0 N–H and O–H groups in total. The van der Waals surface area contributed by atoms with Crippen LogP contribution in [0.2, 0.25) is 0 Å². The molecule has 0 aliphatic carbocycles. The Hall–Kier alpha value is -1.77. The molecule has 12 heavy (non-hydrogen) atoms. The van der Waals surface area contributed by atoms with Crippen molar-refractivity contribution in [2.75, 3.05) is 0 Å². The molecule has 0 spiro atoms. The van der Waals surface area contributed by atoms with E-state index in [1.807, 2.05) is 0 Å². The molecule has 0 aliphatic rings. The van der Waals surface area contributed by atoms with Gasteiger partial charge < -0.3 is 0 Å². The topological polar surface area (TPSA) is 42.9 Å². The zero-order valence-electron chi connectivity index (χ0n) is 6.19. The lowest BCUT2D eigenvalue weighted by molar-refractivity contribution is 0.562. The lowest BCUT2D eigenvalue weighted by atomic mass is 10.2. The number of pyridine rings is 2. The van der Waals surface area contributed by atoms with Crippen LogP contribution in [0.4, 0.5) is 0 Å². The van der Waals surface area contributed by atoms with Gasteiger partial charge in [0.2, 0.25) is 0 Å². The molecular formula is C9H5N2O. The Morgan fingerprint density at radius 2 is 2.08 bits per heavy atom. The molecule has 0 saturated heterocycles. The summed E-state index contributed by atoms with van der Waals surface area (Å²) < 4.78 is 0. The lowest BCUT2D eigenvalue weighted by Crippen LogP contribution is -1.89. The summed E-state index contributed by atoms with van der Waals surface area (Å²) in [6, 6.07) is 5.33. The summed E-state index contributed by atoms with van der Waals surface area (Å²) in [6.45, 7) is 0. The summed E-state index contributed by atoms with van der Waals surface area (Å²) >= 11 is 0. The monoisotopic (exact) mass is 157 g/mol. The first-order valence-electron chi connectivity index (χ1n) is 3.50. The second-order valence-corrected chi connectivity index (χ2v) is 2.33. The minimum Gasteiger partial charge on any atom is -0.283 e. The van der Waals surface area contributed by atoms with Crippen molar-refractivity contribution in [2.24, 2.45) is 0 Å². The molecule has 0 aromatic carbocycles. The minimum atomic E-state index is 0.320. The standard InChI is InChI=1S/C9H5N2O/c12-6-9-7-2-1-4-10-8(7)3-5-11-9/h1-5H. The lowest BCUT2D eigenvalue weighted by Gasteiger charge is -1.95. The molecule has 2 rings (SSSR count). The molecular weight excluding hydrogens is 152 g/mol. The van der Waals surface area contributed by atoms with Crippen LogP contribution in [0.15, 0.2) is 30.6 Å². The van der Waals surface area contributed by atoms with Crippen LogP contribution in [0.1, 0.15) is 5.69 Å². The average molecular weight is 157 g/mol. The van der Waals surface area contributed by atoms with Crippen LogP contribution in [-0.2, 0) is 4.79 Å². The molecule has 3 nitrogen and oxygen atoms in total. The SMILES string of the molecule is O=[C]c1nccc2ncccc12. The van der Waals surface area contributed by atoms with Gasteiger partial charge in [-0.3, -0.25) is 14.8 Å². The summed E-state index contributed by atoms with van der Waals surface area (Å²) in [7, 11) is 0. The van der Waals surface area contributed by atoms with E-state index in [-0.39, 0.29) is 0 Å². The molecule has 2 heterocycles. The molecule has 0 aliphatic heterocycles. The van der Waals surface area contributed by atoms with E-state index in [1.54, 1.807) is 36.9 Å². The quantitative estimate of drug-likeness (QED) is 0.622. The first kappa shape index (κ1) is 6.91. The van der Waals surface area contributed by atoms with Crippen molar-refractivity contribution in [1.82, 2.24) is 9.97 Å². The number of carbonyl (C=O) groups excluding carboxylic acids is 1. The molecule has 0 bridgehead atoms. The van der Waals surface area contributed by atoms with Gasteiger partial charge in [-0.1, -0.05) is 0 Å². The van der Waals surface area contributed by atoms with Gasteiger partial charge >= 0.3 is 0 Å². The van der Waals surface area contributed by atoms with E-state index in [1.165, 1.54) is 0 Å². The van der Waals surface area contributed by atoms with Crippen molar-refractivity contribution in [1.29, 1.82) is 0 Å². The van der Waals surface area contributed by atoms with Gasteiger partial charge in [0.1, 0.15) is 5.69 Å². The van der Waals surface area contributed by atoms with Crippen LogP contribution in [0, 0.1) is 0 Å². The van der Waals surface area contributed by atoms with Crippen LogP contribution >= 0.6 is 0 Å². The van der Waals surface area contributed by atoms with E-state index in [0.717, 1.165) is 10.9 Å². The third-order valence-corrected chi connectivity index (χ3v) is 1.63. The maximum Gasteiger partial charge on any atom is 0.254 e. The second kappa shape index (κ2) is 2.70. The molecule has 3 heteroatoms. The molecule has 0 amide bonds. The van der Waals surface area contributed by atoms with E-state index in [9.17, 15) is 4.79 Å². The van der Waals surface area contributed by atoms with Gasteiger partial charge in [0, 0.05) is 17.8 Å². The van der Waals surface area contributed by atoms with Gasteiger partial charge in [-0.15, -0.1) is 0 Å². The molecule has 2 aromatic heterocycles. The molecule has 0 atom stereocenters. The fourth-order valence-electron chi connectivity index (χ4n) is 1.08. The summed E-state index contributed by atoms with van der Waals surface area (Å²) in [6.07, 6.45) is 5.00. The molecule has 1 radical (unpaired) electrons. The number of hydrogen-bond donors (Lipinski definition) is 0. The molecule has 0 fully saturated rings. The maximum absolute atomic E-state index is 10.4. The minimum absolute atomic E-state index is 0.320. The highest BCUT2D eigenvalue weighted by Crippen LogP contribution is 2.11. The van der Waals surface area contributed by atoms with E-state index >= 15 is 0 Å². The van der Waals surface area contributed by atoms with Crippen molar-refractivity contribution < 1.29 is 4.79 Å². The smallest absolute Gasteiger partial charge is 0.254 e. The Morgan fingerprint density at radius 1 is 1.17 bits per heavy atom. The fourth-order valence-corrected chi connectivity index (χ4v) is 1.08. The van der Waals surface area contributed by atoms with Crippen molar-refractivity contribution in [2.45, 2.75) is 0 Å². The van der Waals surface area contributed by atoms with Crippen molar-refractivity contribution in [3.63, 3.8) is 0 Å². The predicted octanol–water partition coefficient (Wildman–Crippen LogP) is 1.09. The number of hydrogen-bond acceptors (Lipinski definition) is 3. The van der Waals surface area contributed by atoms with Crippen molar-refractivity contribution in [3.8, 4) is 0 Å². The summed E-state index contributed by atoms with van der Waals surface area (Å²) in [5.41, 5.74) is 1.09. The fraction of sp³-hybridized carbons (Fsp3) is 0. The van der Waals surface area contributed by atoms with Crippen LogP contribution < -0.4 is 0 Å². The number of aromatic nitrogens is 2. The molecule has 2 aromatic rings. The first-order chi connectivity index (χ1) is 5.92. The summed E-state index contributed by atoms with van der Waals surface area (Å²) in [4.78, 5) is 18.3. The van der Waals surface area contributed by atoms with Crippen molar-refractivity contribution >= 4 is 17.2 Å². The van der Waals surface area contributed by atoms with E-state index < -0.39 is 0 Å². The number of nitrogens with zero attached hydrogens (tertiary/aromatic N) is 2. The van der Waals surface area contributed by atoms with E-state index in [0.29, 0.717) is 5.69 Å². The zero-order valence-corrected chi connectivity index (χ0v) is 6.19.